The third-order valence-corrected chi connectivity index (χ3v) is 1.70. The van der Waals surface area contributed by atoms with E-state index in [-0.39, 0.29) is 11.5 Å². The van der Waals surface area contributed by atoms with Crippen LogP contribution in [0, 0.1) is 22.7 Å². The van der Waals surface area contributed by atoms with Crippen LogP contribution < -0.4 is 5.73 Å². The van der Waals surface area contributed by atoms with Crippen molar-refractivity contribution in [1.29, 1.82) is 0 Å². The van der Waals surface area contributed by atoms with Crippen LogP contribution in [0.25, 0.3) is 0 Å². The van der Waals surface area contributed by atoms with Gasteiger partial charge in [0.1, 0.15) is 0 Å². The van der Waals surface area contributed by atoms with Gasteiger partial charge in [0.15, 0.2) is 0 Å². The Morgan fingerprint density at radius 2 is 1.57 bits per heavy atom. The maximum Gasteiger partial charge on any atom is 0.0241 e. The van der Waals surface area contributed by atoms with E-state index < -0.39 is 0 Å². The van der Waals surface area contributed by atoms with Gasteiger partial charge in [-0.1, -0.05) is 26.7 Å². The molecule has 14 heavy (non-hydrogen) atoms. The van der Waals surface area contributed by atoms with Gasteiger partial charge in [0.25, 0.3) is 0 Å². The highest BCUT2D eigenvalue weighted by atomic mass is 14.6. The molecule has 0 rings (SSSR count). The van der Waals surface area contributed by atoms with Crippen molar-refractivity contribution in [3.8, 4) is 11.8 Å². The highest BCUT2D eigenvalue weighted by Crippen LogP contribution is 2.20. The monoisotopic (exact) mass is 195 g/mol. The van der Waals surface area contributed by atoms with Gasteiger partial charge in [-0.3, -0.25) is 0 Å². The van der Waals surface area contributed by atoms with Crippen LogP contribution in [0.15, 0.2) is 0 Å². The first kappa shape index (κ1) is 13.5. The predicted octanol–water partition coefficient (Wildman–Crippen LogP) is 3.19. The minimum Gasteiger partial charge on any atom is -0.327 e. The van der Waals surface area contributed by atoms with Crippen molar-refractivity contribution in [2.75, 3.05) is 0 Å². The Morgan fingerprint density at radius 1 is 1.07 bits per heavy atom. The first-order valence-electron chi connectivity index (χ1n) is 5.36. The second-order valence-electron chi connectivity index (χ2n) is 6.28. The fourth-order valence-corrected chi connectivity index (χ4v) is 1.31. The van der Waals surface area contributed by atoms with Gasteiger partial charge >= 0.3 is 0 Å². The van der Waals surface area contributed by atoms with Crippen LogP contribution in [0.3, 0.4) is 0 Å². The molecule has 0 aliphatic heterocycles. The maximum absolute atomic E-state index is 5.99. The average molecular weight is 195 g/mol. The first-order valence-corrected chi connectivity index (χ1v) is 5.36. The van der Waals surface area contributed by atoms with E-state index in [1.807, 2.05) is 0 Å². The predicted molar refractivity (Wildman–Crippen MR) is 63.9 cm³/mol. The van der Waals surface area contributed by atoms with Crippen molar-refractivity contribution in [1.82, 2.24) is 0 Å². The second-order valence-corrected chi connectivity index (χ2v) is 6.28. The van der Waals surface area contributed by atoms with Crippen molar-refractivity contribution < 1.29 is 0 Å². The van der Waals surface area contributed by atoms with Crippen molar-refractivity contribution in [2.24, 2.45) is 16.6 Å². The molecule has 0 radical (unpaired) electrons. The Labute approximate surface area is 89.5 Å². The fraction of sp³-hybridized carbons (Fsp3) is 0.846. The molecule has 0 amide bonds. The fourth-order valence-electron chi connectivity index (χ4n) is 1.31. The normalized spacial score (nSPS) is 14.5. The third-order valence-electron chi connectivity index (χ3n) is 1.70. The standard InChI is InChI=1S/C13H25N/c1-12(2,3)9-7-8-11(14)10-13(4,5)6/h11H,8,10,14H2,1-6H3. The molecule has 0 spiro atoms. The molecule has 0 saturated heterocycles. The Kier molecular flexibility index (Phi) is 4.68. The zero-order valence-corrected chi connectivity index (χ0v) is 10.6. The Balaban J connectivity index is 3.96. The summed E-state index contributed by atoms with van der Waals surface area (Å²) in [7, 11) is 0. The molecule has 1 unspecified atom stereocenters. The molecule has 1 heteroatoms. The van der Waals surface area contributed by atoms with Crippen molar-refractivity contribution in [3.05, 3.63) is 0 Å². The molecular weight excluding hydrogens is 170 g/mol. The van der Waals surface area contributed by atoms with Gasteiger partial charge in [-0.25, -0.2) is 0 Å². The van der Waals surface area contributed by atoms with Crippen LogP contribution in [0.5, 0.6) is 0 Å². The van der Waals surface area contributed by atoms with Gasteiger partial charge in [0.05, 0.1) is 0 Å². The largest absolute Gasteiger partial charge is 0.327 e. The quantitative estimate of drug-likeness (QED) is 0.673. The van der Waals surface area contributed by atoms with Crippen LogP contribution in [-0.4, -0.2) is 6.04 Å². The average Bonchev–Trinajstić information content (AvgIpc) is 1.78. The molecule has 0 aliphatic rings. The van der Waals surface area contributed by atoms with Gasteiger partial charge in [0, 0.05) is 17.9 Å². The van der Waals surface area contributed by atoms with Gasteiger partial charge in [0.2, 0.25) is 0 Å². The number of hydrogen-bond acceptors (Lipinski definition) is 1. The van der Waals surface area contributed by atoms with E-state index in [2.05, 4.69) is 53.4 Å². The minimum absolute atomic E-state index is 0.0987. The lowest BCUT2D eigenvalue weighted by Crippen LogP contribution is -2.25. The van der Waals surface area contributed by atoms with Crippen molar-refractivity contribution in [3.63, 3.8) is 0 Å². The molecule has 1 nitrogen and oxygen atoms in total. The lowest BCUT2D eigenvalue weighted by atomic mass is 9.87. The zero-order chi connectivity index (χ0) is 11.4. The Morgan fingerprint density at radius 3 is 1.93 bits per heavy atom. The van der Waals surface area contributed by atoms with Crippen LogP contribution >= 0.6 is 0 Å². The topological polar surface area (TPSA) is 26.0 Å². The van der Waals surface area contributed by atoms with Crippen LogP contribution in [0.2, 0.25) is 0 Å². The Hall–Kier alpha value is -0.480. The Bertz CT molecular complexity index is 216. The summed E-state index contributed by atoms with van der Waals surface area (Å²) in [6.07, 6.45) is 1.85. The van der Waals surface area contributed by atoms with E-state index in [1.165, 1.54) is 0 Å². The molecule has 0 aromatic heterocycles. The van der Waals surface area contributed by atoms with Crippen molar-refractivity contribution >= 4 is 0 Å². The van der Waals surface area contributed by atoms with E-state index >= 15 is 0 Å². The molecule has 0 aliphatic carbocycles. The summed E-state index contributed by atoms with van der Waals surface area (Å²) < 4.78 is 0. The van der Waals surface area contributed by atoms with Gasteiger partial charge in [-0.15, -0.1) is 5.92 Å². The molecule has 0 fully saturated rings. The number of nitrogens with two attached hydrogens (primary N) is 1. The minimum atomic E-state index is 0.0987. The van der Waals surface area contributed by atoms with Crippen LogP contribution in [-0.2, 0) is 0 Å². The van der Waals surface area contributed by atoms with Gasteiger partial charge < -0.3 is 5.73 Å². The molecule has 2 N–H and O–H groups in total. The summed E-state index contributed by atoms with van der Waals surface area (Å²) >= 11 is 0. The smallest absolute Gasteiger partial charge is 0.0241 e. The molecule has 0 aromatic carbocycles. The molecule has 0 aromatic rings. The lowest BCUT2D eigenvalue weighted by molar-refractivity contribution is 0.341. The number of hydrogen-bond donors (Lipinski definition) is 1. The number of rotatable bonds is 2. The van der Waals surface area contributed by atoms with E-state index in [1.54, 1.807) is 0 Å². The van der Waals surface area contributed by atoms with E-state index in [9.17, 15) is 0 Å². The summed E-state index contributed by atoms with van der Waals surface area (Å²) in [6, 6.07) is 0.213. The van der Waals surface area contributed by atoms with Gasteiger partial charge in [-0.2, -0.15) is 0 Å². The third kappa shape index (κ3) is 9.61. The SMILES string of the molecule is CC(C)(C)C#CCC(N)CC(C)(C)C. The van der Waals surface area contributed by atoms with Crippen molar-refractivity contribution in [2.45, 2.75) is 60.4 Å². The maximum atomic E-state index is 5.99. The molecule has 0 heterocycles. The van der Waals surface area contributed by atoms with Crippen LogP contribution in [0.1, 0.15) is 54.4 Å². The first-order chi connectivity index (χ1) is 6.10. The second kappa shape index (κ2) is 4.84. The zero-order valence-electron chi connectivity index (χ0n) is 10.6. The molecule has 0 saturated carbocycles. The van der Waals surface area contributed by atoms with E-state index in [4.69, 9.17) is 5.73 Å². The summed E-state index contributed by atoms with van der Waals surface area (Å²) in [5.41, 5.74) is 6.39. The molecule has 82 valence electrons. The van der Waals surface area contributed by atoms with E-state index in [0.29, 0.717) is 5.41 Å². The van der Waals surface area contributed by atoms with Crippen LogP contribution in [0.4, 0.5) is 0 Å². The summed E-state index contributed by atoms with van der Waals surface area (Å²) in [6.45, 7) is 13.0. The molecule has 0 bridgehead atoms. The highest BCUT2D eigenvalue weighted by Gasteiger charge is 2.14. The highest BCUT2D eigenvalue weighted by molar-refractivity contribution is 5.08. The molecule has 1 atom stereocenters. The van der Waals surface area contributed by atoms with E-state index in [0.717, 1.165) is 12.8 Å². The summed E-state index contributed by atoms with van der Waals surface area (Å²) in [5, 5.41) is 0. The molecular formula is C13H25N. The summed E-state index contributed by atoms with van der Waals surface area (Å²) in [4.78, 5) is 0. The lowest BCUT2D eigenvalue weighted by Gasteiger charge is -2.21. The summed E-state index contributed by atoms with van der Waals surface area (Å²) in [5.74, 6) is 6.38. The van der Waals surface area contributed by atoms with Gasteiger partial charge in [-0.05, 0) is 32.6 Å².